The fourth-order valence-electron chi connectivity index (χ4n) is 6.41. The van der Waals surface area contributed by atoms with Crippen molar-refractivity contribution in [2.75, 3.05) is 7.11 Å². The number of carbonyl (C=O) groups excluding carboxylic acids is 1. The number of esters is 1. The molecule has 0 aromatic carbocycles. The van der Waals surface area contributed by atoms with Gasteiger partial charge in [-0.05, 0) is 80.5 Å². The van der Waals surface area contributed by atoms with Crippen molar-refractivity contribution >= 4 is 5.97 Å². The Bertz CT molecular complexity index is 981. The normalized spacial score (nSPS) is 28.8. The van der Waals surface area contributed by atoms with Gasteiger partial charge in [0.25, 0.3) is 11.2 Å². The van der Waals surface area contributed by atoms with Crippen LogP contribution >= 0.6 is 0 Å². The highest BCUT2D eigenvalue weighted by Gasteiger charge is 2.72. The van der Waals surface area contributed by atoms with E-state index in [9.17, 15) is 70.7 Å². The van der Waals surface area contributed by atoms with Crippen LogP contribution in [-0.2, 0) is 9.53 Å². The molecule has 258 valence electrons. The van der Waals surface area contributed by atoms with Crippen LogP contribution in [0.1, 0.15) is 51.4 Å². The third kappa shape index (κ3) is 8.26. The average molecular weight is 678 g/mol. The molecule has 0 aliphatic heterocycles. The number of fused-ring (bicyclic) bond motifs is 4. The summed E-state index contributed by atoms with van der Waals surface area (Å²) in [7, 11) is 0.676. The second-order valence-electron chi connectivity index (χ2n) is 11.6. The number of allylic oxidation sites excluding steroid dienone is 2. The molecule has 4 nitrogen and oxygen atoms in total. The van der Waals surface area contributed by atoms with Gasteiger partial charge in [-0.3, -0.25) is 0 Å². The largest absolute Gasteiger partial charge is 0.490 e. The summed E-state index contributed by atoms with van der Waals surface area (Å²) < 4.78 is 186. The summed E-state index contributed by atoms with van der Waals surface area (Å²) in [6.07, 6.45) is -23.1. The van der Waals surface area contributed by atoms with Crippen LogP contribution in [0.3, 0.4) is 0 Å². The average Bonchev–Trinajstić information content (AvgIpc) is 3.63. The monoisotopic (exact) mass is 678 g/mol. The molecule has 0 amide bonds. The smallest absolute Gasteiger partial charge is 0.462 e. The Morgan fingerprint density at radius 1 is 0.659 bits per heavy atom. The van der Waals surface area contributed by atoms with E-state index in [2.05, 4.69) is 4.74 Å². The van der Waals surface area contributed by atoms with E-state index in [4.69, 9.17) is 10.2 Å². The fraction of sp³-hybridized carbons (Fsp3) is 0.880. The molecule has 0 aromatic rings. The predicted molar refractivity (Wildman–Crippen MR) is 119 cm³/mol. The molecule has 0 saturated heterocycles. The minimum atomic E-state index is -5.70. The number of alkyl halides is 15. The van der Waals surface area contributed by atoms with Gasteiger partial charge in [0.1, 0.15) is 0 Å². The summed E-state index contributed by atoms with van der Waals surface area (Å²) >= 11 is 0. The van der Waals surface area contributed by atoms with Crippen molar-refractivity contribution in [2.45, 2.75) is 93.5 Å². The van der Waals surface area contributed by atoms with E-state index in [0.717, 1.165) is 6.42 Å². The van der Waals surface area contributed by atoms with Gasteiger partial charge >= 0.3 is 36.9 Å². The first-order valence-corrected chi connectivity index (χ1v) is 13.1. The Kier molecular flexibility index (Phi) is 11.0. The second kappa shape index (κ2) is 12.7. The number of hydrogen-bond donors (Lipinski definition) is 2. The van der Waals surface area contributed by atoms with Crippen LogP contribution in [0.4, 0.5) is 65.9 Å². The van der Waals surface area contributed by atoms with Gasteiger partial charge in [-0.1, -0.05) is 18.6 Å². The lowest BCUT2D eigenvalue weighted by Crippen LogP contribution is -2.58. The van der Waals surface area contributed by atoms with Crippen LogP contribution in [0.15, 0.2) is 12.2 Å². The summed E-state index contributed by atoms with van der Waals surface area (Å²) in [6.45, 7) is 0. The van der Waals surface area contributed by atoms with Gasteiger partial charge in [-0.15, -0.1) is 0 Å². The van der Waals surface area contributed by atoms with Crippen LogP contribution in [0.5, 0.6) is 0 Å². The molecule has 44 heavy (non-hydrogen) atoms. The van der Waals surface area contributed by atoms with E-state index < -0.39 is 72.7 Å². The number of carbonyl (C=O) groups is 1. The molecule has 0 heterocycles. The molecule has 3 fully saturated rings. The first-order valence-electron chi connectivity index (χ1n) is 13.1. The van der Waals surface area contributed by atoms with E-state index in [1.54, 1.807) is 6.08 Å². The minimum Gasteiger partial charge on any atom is -0.462 e. The predicted octanol–water partition coefficient (Wildman–Crippen LogP) is 7.83. The molecule has 19 heteroatoms. The number of halogens is 15. The van der Waals surface area contributed by atoms with Crippen molar-refractivity contribution in [1.29, 1.82) is 0 Å². The highest BCUT2D eigenvalue weighted by Crippen LogP contribution is 2.56. The Balaban J connectivity index is 0.000000248. The quantitative estimate of drug-likeness (QED) is 0.181. The van der Waals surface area contributed by atoms with Gasteiger partial charge in [0.2, 0.25) is 0 Å². The first kappa shape index (κ1) is 38.3. The van der Waals surface area contributed by atoms with E-state index in [0.29, 0.717) is 32.8 Å². The SMILES string of the molecule is COC(=O)C(F)(F)F.OC(CC1CC2C=CC1C2)(C(F)(F)F)C(F)(F)F.OC(CC1CC2CCC1C2)(C(F)(F)F)C(F)(F)F. The maximum absolute atomic E-state index is 12.5. The van der Waals surface area contributed by atoms with Gasteiger partial charge in [0.05, 0.1) is 7.11 Å². The third-order valence-corrected chi connectivity index (χ3v) is 8.71. The Morgan fingerprint density at radius 3 is 1.36 bits per heavy atom. The van der Waals surface area contributed by atoms with E-state index >= 15 is 0 Å². The first-order chi connectivity index (χ1) is 19.6. The van der Waals surface area contributed by atoms with Gasteiger partial charge in [-0.25, -0.2) is 4.79 Å². The highest BCUT2D eigenvalue weighted by molar-refractivity contribution is 5.75. The summed E-state index contributed by atoms with van der Waals surface area (Å²) in [5.41, 5.74) is -9.15. The molecule has 6 atom stereocenters. The van der Waals surface area contributed by atoms with E-state index in [1.807, 2.05) is 6.08 Å². The van der Waals surface area contributed by atoms with Gasteiger partial charge in [0, 0.05) is 0 Å². The zero-order chi connectivity index (χ0) is 34.3. The fourth-order valence-corrected chi connectivity index (χ4v) is 6.41. The minimum absolute atomic E-state index is 0.0608. The maximum Gasteiger partial charge on any atom is 0.490 e. The maximum atomic E-state index is 12.5. The molecule has 4 rings (SSSR count). The molecule has 0 aromatic heterocycles. The zero-order valence-corrected chi connectivity index (χ0v) is 22.7. The van der Waals surface area contributed by atoms with Gasteiger partial charge in [0.15, 0.2) is 0 Å². The molecule has 0 radical (unpaired) electrons. The van der Waals surface area contributed by atoms with Crippen LogP contribution in [-0.4, -0.2) is 65.4 Å². The van der Waals surface area contributed by atoms with Crippen molar-refractivity contribution in [3.63, 3.8) is 0 Å². The summed E-state index contributed by atoms with van der Waals surface area (Å²) in [5.74, 6) is -3.66. The summed E-state index contributed by atoms with van der Waals surface area (Å²) in [6, 6.07) is 0. The summed E-state index contributed by atoms with van der Waals surface area (Å²) in [5, 5.41) is 18.2. The van der Waals surface area contributed by atoms with Crippen molar-refractivity contribution in [2.24, 2.45) is 35.5 Å². The van der Waals surface area contributed by atoms with Crippen LogP contribution < -0.4 is 0 Å². The lowest BCUT2D eigenvalue weighted by atomic mass is 9.79. The summed E-state index contributed by atoms with van der Waals surface area (Å²) in [4.78, 5) is 9.49. The molecule has 2 N–H and O–H groups in total. The molecule has 4 aliphatic rings. The van der Waals surface area contributed by atoms with Gasteiger partial charge < -0.3 is 14.9 Å². The molecular formula is C25H29F15O4. The van der Waals surface area contributed by atoms with Crippen LogP contribution in [0.2, 0.25) is 0 Å². The number of hydrogen-bond acceptors (Lipinski definition) is 4. The molecular weight excluding hydrogens is 649 g/mol. The van der Waals surface area contributed by atoms with Crippen molar-refractivity contribution < 1.29 is 85.6 Å². The zero-order valence-electron chi connectivity index (χ0n) is 22.7. The molecule has 0 spiro atoms. The topological polar surface area (TPSA) is 66.8 Å². The van der Waals surface area contributed by atoms with Crippen molar-refractivity contribution in [1.82, 2.24) is 0 Å². The van der Waals surface area contributed by atoms with E-state index in [1.165, 1.54) is 0 Å². The van der Waals surface area contributed by atoms with Crippen LogP contribution in [0.25, 0.3) is 0 Å². The Hall–Kier alpha value is -1.92. The lowest BCUT2D eigenvalue weighted by molar-refractivity contribution is -0.373. The van der Waals surface area contributed by atoms with Crippen LogP contribution in [0, 0.1) is 35.5 Å². The number of aliphatic hydroxyl groups is 2. The molecule has 3 saturated carbocycles. The standard InChI is InChI=1S/C11H14F6O.C11H12F6O.C3H3F3O2/c2*12-10(13,14)9(18,11(15,16)17)5-8-4-6-1-2-7(8)3-6;1-8-2(7)3(4,5)6/h6-8,18H,1-5H2;1-2,6-8,18H,3-5H2;1H3. The molecule has 4 bridgehead atoms. The number of methoxy groups -OCH3 is 1. The molecule has 6 unspecified atom stereocenters. The second-order valence-corrected chi connectivity index (χ2v) is 11.6. The number of rotatable bonds is 4. The highest BCUT2D eigenvalue weighted by atomic mass is 19.4. The molecule has 4 aliphatic carbocycles. The van der Waals surface area contributed by atoms with Crippen molar-refractivity contribution in [3.05, 3.63) is 12.2 Å². The Labute approximate surface area is 240 Å². The Morgan fingerprint density at radius 2 is 1.11 bits per heavy atom. The lowest BCUT2D eigenvalue weighted by Gasteiger charge is -2.36. The van der Waals surface area contributed by atoms with E-state index in [-0.39, 0.29) is 30.1 Å². The van der Waals surface area contributed by atoms with Crippen molar-refractivity contribution in [3.8, 4) is 0 Å². The number of ether oxygens (including phenoxy) is 1. The third-order valence-electron chi connectivity index (χ3n) is 8.71. The van der Waals surface area contributed by atoms with Gasteiger partial charge in [-0.2, -0.15) is 65.9 Å².